The highest BCUT2D eigenvalue weighted by Crippen LogP contribution is 2.40. The van der Waals surface area contributed by atoms with E-state index >= 15 is 0 Å². The van der Waals surface area contributed by atoms with Gasteiger partial charge in [-0.05, 0) is 42.8 Å². The summed E-state index contributed by atoms with van der Waals surface area (Å²) in [4.78, 5) is 24.7. The first kappa shape index (κ1) is 27.0. The van der Waals surface area contributed by atoms with E-state index in [-0.39, 0.29) is 18.3 Å². The Labute approximate surface area is 216 Å². The lowest BCUT2D eigenvalue weighted by Gasteiger charge is -2.27. The molecule has 190 valence electrons. The van der Waals surface area contributed by atoms with E-state index in [1.165, 1.54) is 11.3 Å². The molecule has 4 rings (SSSR count). The molecule has 0 radical (unpaired) electrons. The zero-order valence-corrected chi connectivity index (χ0v) is 22.3. The number of halogens is 1. The van der Waals surface area contributed by atoms with Crippen LogP contribution in [0.25, 0.3) is 10.2 Å². The molecule has 1 aliphatic rings. The van der Waals surface area contributed by atoms with Crippen molar-refractivity contribution in [2.45, 2.75) is 6.42 Å². The fourth-order valence-corrected chi connectivity index (χ4v) is 5.11. The SMILES string of the molecule is COc1ccc(OC)c2sc(N(CCCN3CCOCC3)C(=O)c3ccc(N(C)C)cc3)nc12.Cl. The van der Waals surface area contributed by atoms with Crippen molar-refractivity contribution in [2.75, 3.05) is 77.5 Å². The summed E-state index contributed by atoms with van der Waals surface area (Å²) in [7, 11) is 7.23. The molecule has 0 spiro atoms. The summed E-state index contributed by atoms with van der Waals surface area (Å²) in [5.74, 6) is 1.31. The summed E-state index contributed by atoms with van der Waals surface area (Å²) >= 11 is 1.45. The van der Waals surface area contributed by atoms with Crippen LogP contribution in [-0.2, 0) is 4.74 Å². The highest BCUT2D eigenvalue weighted by atomic mass is 35.5. The van der Waals surface area contributed by atoms with Crippen LogP contribution in [0.3, 0.4) is 0 Å². The third-order valence-corrected chi connectivity index (χ3v) is 7.06. The van der Waals surface area contributed by atoms with Crippen LogP contribution in [-0.4, -0.2) is 83.5 Å². The lowest BCUT2D eigenvalue weighted by molar-refractivity contribution is 0.0376. The third kappa shape index (κ3) is 6.16. The Morgan fingerprint density at radius 1 is 1.06 bits per heavy atom. The minimum absolute atomic E-state index is 0. The summed E-state index contributed by atoms with van der Waals surface area (Å²) < 4.78 is 17.4. The first-order chi connectivity index (χ1) is 16.5. The van der Waals surface area contributed by atoms with Gasteiger partial charge in [0.1, 0.15) is 21.7 Å². The topological polar surface area (TPSA) is 67.4 Å². The maximum absolute atomic E-state index is 13.7. The summed E-state index contributed by atoms with van der Waals surface area (Å²) in [5, 5.41) is 0.640. The van der Waals surface area contributed by atoms with E-state index in [9.17, 15) is 4.79 Å². The second-order valence-electron chi connectivity index (χ2n) is 8.35. The van der Waals surface area contributed by atoms with E-state index in [0.717, 1.165) is 55.4 Å². The number of carbonyl (C=O) groups is 1. The number of fused-ring (bicyclic) bond motifs is 1. The van der Waals surface area contributed by atoms with Gasteiger partial charge in [-0.15, -0.1) is 12.4 Å². The molecule has 1 saturated heterocycles. The minimum atomic E-state index is -0.0655. The van der Waals surface area contributed by atoms with Gasteiger partial charge in [0.05, 0.1) is 27.4 Å². The summed E-state index contributed by atoms with van der Waals surface area (Å²) in [6.07, 6.45) is 0.839. The molecule has 2 heterocycles. The summed E-state index contributed by atoms with van der Waals surface area (Å²) in [5.41, 5.74) is 2.39. The number of carbonyl (C=O) groups excluding carboxylic acids is 1. The monoisotopic (exact) mass is 520 g/mol. The molecule has 0 N–H and O–H groups in total. The highest BCUT2D eigenvalue weighted by Gasteiger charge is 2.24. The van der Waals surface area contributed by atoms with Crippen LogP contribution in [0.2, 0.25) is 0 Å². The van der Waals surface area contributed by atoms with Crippen molar-refractivity contribution in [1.29, 1.82) is 0 Å². The van der Waals surface area contributed by atoms with Crippen molar-refractivity contribution < 1.29 is 19.0 Å². The molecule has 1 aromatic heterocycles. The number of amides is 1. The normalized spacial score (nSPS) is 13.8. The zero-order chi connectivity index (χ0) is 24.1. The molecule has 8 nitrogen and oxygen atoms in total. The van der Waals surface area contributed by atoms with E-state index in [0.29, 0.717) is 28.5 Å². The summed E-state index contributed by atoms with van der Waals surface area (Å²) in [6, 6.07) is 11.4. The largest absolute Gasteiger partial charge is 0.495 e. The van der Waals surface area contributed by atoms with E-state index in [1.807, 2.05) is 55.4 Å². The van der Waals surface area contributed by atoms with E-state index in [2.05, 4.69) is 4.90 Å². The fourth-order valence-electron chi connectivity index (χ4n) is 4.01. The molecule has 10 heteroatoms. The first-order valence-electron chi connectivity index (χ1n) is 11.4. The van der Waals surface area contributed by atoms with Gasteiger partial charge >= 0.3 is 0 Å². The number of benzene rings is 2. The van der Waals surface area contributed by atoms with Gasteiger partial charge in [-0.3, -0.25) is 14.6 Å². The minimum Gasteiger partial charge on any atom is -0.495 e. The van der Waals surface area contributed by atoms with Gasteiger partial charge in [0.15, 0.2) is 5.13 Å². The molecular weight excluding hydrogens is 488 g/mol. The van der Waals surface area contributed by atoms with Gasteiger partial charge in [0, 0.05) is 51.5 Å². The van der Waals surface area contributed by atoms with Crippen molar-refractivity contribution in [3.8, 4) is 11.5 Å². The van der Waals surface area contributed by atoms with Crippen LogP contribution in [0.15, 0.2) is 36.4 Å². The molecule has 1 fully saturated rings. The van der Waals surface area contributed by atoms with Crippen LogP contribution in [0, 0.1) is 0 Å². The molecule has 0 saturated carbocycles. The number of hydrogen-bond donors (Lipinski definition) is 0. The second-order valence-corrected chi connectivity index (χ2v) is 9.33. The van der Waals surface area contributed by atoms with Crippen LogP contribution in [0.4, 0.5) is 10.8 Å². The molecule has 1 amide bonds. The average molecular weight is 521 g/mol. The Kier molecular flexibility index (Phi) is 9.56. The smallest absolute Gasteiger partial charge is 0.260 e. The number of ether oxygens (including phenoxy) is 3. The average Bonchev–Trinajstić information content (AvgIpc) is 3.31. The fraction of sp³-hybridized carbons (Fsp3) is 0.440. The van der Waals surface area contributed by atoms with Gasteiger partial charge in [-0.25, -0.2) is 4.98 Å². The molecule has 0 aliphatic carbocycles. The number of nitrogens with zero attached hydrogens (tertiary/aromatic N) is 4. The molecule has 0 bridgehead atoms. The highest BCUT2D eigenvalue weighted by molar-refractivity contribution is 7.22. The lowest BCUT2D eigenvalue weighted by atomic mass is 10.1. The molecule has 0 atom stereocenters. The molecule has 1 aliphatic heterocycles. The lowest BCUT2D eigenvalue weighted by Crippen LogP contribution is -2.39. The van der Waals surface area contributed by atoms with E-state index in [4.69, 9.17) is 19.2 Å². The van der Waals surface area contributed by atoms with Crippen molar-refractivity contribution in [3.63, 3.8) is 0 Å². The van der Waals surface area contributed by atoms with Gasteiger partial charge in [0.2, 0.25) is 0 Å². The predicted molar refractivity (Wildman–Crippen MR) is 144 cm³/mol. The Hall–Kier alpha value is -2.59. The number of aromatic nitrogens is 1. The predicted octanol–water partition coefficient (Wildman–Crippen LogP) is 4.17. The first-order valence-corrected chi connectivity index (χ1v) is 12.2. The van der Waals surface area contributed by atoms with Crippen molar-refractivity contribution >= 4 is 50.7 Å². The number of morpholine rings is 1. The molecule has 35 heavy (non-hydrogen) atoms. The van der Waals surface area contributed by atoms with E-state index < -0.39 is 0 Å². The Morgan fingerprint density at radius 3 is 2.34 bits per heavy atom. The van der Waals surface area contributed by atoms with Crippen molar-refractivity contribution in [3.05, 3.63) is 42.0 Å². The maximum atomic E-state index is 13.7. The summed E-state index contributed by atoms with van der Waals surface area (Å²) in [6.45, 7) is 4.85. The van der Waals surface area contributed by atoms with Crippen LogP contribution in [0.1, 0.15) is 16.8 Å². The quantitative estimate of drug-likeness (QED) is 0.419. The van der Waals surface area contributed by atoms with Gasteiger partial charge < -0.3 is 19.1 Å². The van der Waals surface area contributed by atoms with E-state index in [1.54, 1.807) is 19.1 Å². The van der Waals surface area contributed by atoms with Crippen LogP contribution >= 0.6 is 23.7 Å². The van der Waals surface area contributed by atoms with Crippen molar-refractivity contribution in [1.82, 2.24) is 9.88 Å². The number of anilines is 2. The Morgan fingerprint density at radius 2 is 1.71 bits per heavy atom. The number of hydrogen-bond acceptors (Lipinski definition) is 8. The zero-order valence-electron chi connectivity index (χ0n) is 20.7. The number of methoxy groups -OCH3 is 2. The molecule has 0 unspecified atom stereocenters. The number of rotatable bonds is 9. The third-order valence-electron chi connectivity index (χ3n) is 5.97. The molecular formula is C25H33ClN4O4S. The van der Waals surface area contributed by atoms with Gasteiger partial charge in [-0.2, -0.15) is 0 Å². The number of thiazole rings is 1. The maximum Gasteiger partial charge on any atom is 0.260 e. The van der Waals surface area contributed by atoms with Gasteiger partial charge in [0.25, 0.3) is 5.91 Å². The second kappa shape index (κ2) is 12.4. The standard InChI is InChI=1S/C25H32N4O4S.ClH/c1-27(2)19-8-6-18(7-9-19)24(30)29(13-5-12-28-14-16-33-17-15-28)25-26-22-20(31-3)10-11-21(32-4)23(22)34-25;/h6-11H,5,12-17H2,1-4H3;1H. The van der Waals surface area contributed by atoms with Crippen molar-refractivity contribution in [2.24, 2.45) is 0 Å². The van der Waals surface area contributed by atoms with Crippen LogP contribution < -0.4 is 19.3 Å². The Bertz CT molecular complexity index is 1080. The molecule has 3 aromatic rings. The Balaban J connectivity index is 0.00000342. The van der Waals surface area contributed by atoms with Gasteiger partial charge in [-0.1, -0.05) is 11.3 Å². The van der Waals surface area contributed by atoms with Crippen LogP contribution in [0.5, 0.6) is 11.5 Å². The molecule has 2 aromatic carbocycles.